The number of hydrogen-bond donors (Lipinski definition) is 3. The minimum atomic E-state index is -4.28. The van der Waals surface area contributed by atoms with Crippen molar-refractivity contribution in [1.82, 2.24) is 5.32 Å². The quantitative estimate of drug-likeness (QED) is 0.207. The highest BCUT2D eigenvalue weighted by Crippen LogP contribution is 2.53. The van der Waals surface area contributed by atoms with E-state index in [1.807, 2.05) is 0 Å². The summed E-state index contributed by atoms with van der Waals surface area (Å²) < 4.78 is 9.64. The molecule has 2 rings (SSSR count). The number of amides is 1. The molecule has 0 aliphatic carbocycles. The number of non-ortho nitro benzene ring substituents is 1. The largest absolute Gasteiger partial charge is 0.467 e. The molecular formula is C20H22N2O9P+. The average Bonchev–Trinajstić information content (AvgIpc) is 2.80. The molecular weight excluding hydrogens is 443 g/mol. The molecule has 0 fully saturated rings. The molecule has 0 aromatic heterocycles. The Bertz CT molecular complexity index is 982. The number of benzene rings is 2. The standard InChI is InChI=1S/C20H21N2O9P/c1-30-18(23)17(21-20(25)31-13-14-6-3-2-4-7-14)10-11-32(28,29)19(24)15-8-5-9-16(12-15)22(26)27/h2-9,12,17,28-29H,10-11,13H2,1H3/p+1/t17-/m0/s1. The zero-order chi connectivity index (χ0) is 23.7. The van der Waals surface area contributed by atoms with Crippen LogP contribution in [0.25, 0.3) is 0 Å². The fourth-order valence-electron chi connectivity index (χ4n) is 2.67. The van der Waals surface area contributed by atoms with Gasteiger partial charge in [-0.15, -0.1) is 0 Å². The number of nitrogens with one attached hydrogen (secondary N) is 1. The summed E-state index contributed by atoms with van der Waals surface area (Å²) in [4.78, 5) is 67.3. The van der Waals surface area contributed by atoms with Crippen molar-refractivity contribution in [3.63, 3.8) is 0 Å². The predicted molar refractivity (Wildman–Crippen MR) is 114 cm³/mol. The third-order valence-electron chi connectivity index (χ3n) is 4.35. The van der Waals surface area contributed by atoms with Crippen LogP contribution in [0.3, 0.4) is 0 Å². The second-order valence-corrected chi connectivity index (χ2v) is 8.95. The Morgan fingerprint density at radius 1 is 1.12 bits per heavy atom. The highest BCUT2D eigenvalue weighted by atomic mass is 31.2. The van der Waals surface area contributed by atoms with Gasteiger partial charge in [0.15, 0.2) is 0 Å². The maximum Gasteiger partial charge on any atom is 0.408 e. The first-order chi connectivity index (χ1) is 15.1. The molecule has 3 N–H and O–H groups in total. The second-order valence-electron chi connectivity index (χ2n) is 6.64. The Balaban J connectivity index is 2.01. The number of rotatable bonds is 10. The van der Waals surface area contributed by atoms with Crippen molar-refractivity contribution in [2.24, 2.45) is 0 Å². The molecule has 2 aromatic carbocycles. The van der Waals surface area contributed by atoms with Crippen molar-refractivity contribution in [3.05, 3.63) is 75.8 Å². The van der Waals surface area contributed by atoms with Gasteiger partial charge in [0.2, 0.25) is 0 Å². The molecule has 0 spiro atoms. The van der Waals surface area contributed by atoms with Crippen molar-refractivity contribution in [1.29, 1.82) is 0 Å². The molecule has 170 valence electrons. The van der Waals surface area contributed by atoms with Gasteiger partial charge in [-0.25, -0.2) is 24.2 Å². The third kappa shape index (κ3) is 7.09. The van der Waals surface area contributed by atoms with E-state index in [0.717, 1.165) is 24.8 Å². The summed E-state index contributed by atoms with van der Waals surface area (Å²) in [6.07, 6.45) is -1.84. The van der Waals surface area contributed by atoms with Gasteiger partial charge in [0, 0.05) is 18.6 Å². The number of carbonyl (C=O) groups is 3. The van der Waals surface area contributed by atoms with Crippen molar-refractivity contribution >= 4 is 31.0 Å². The summed E-state index contributed by atoms with van der Waals surface area (Å²) in [6.45, 7) is -0.0528. The molecule has 2 aromatic rings. The normalized spacial score (nSPS) is 11.8. The Kier molecular flexibility index (Phi) is 8.77. The molecule has 12 heteroatoms. The first-order valence-corrected chi connectivity index (χ1v) is 11.2. The van der Waals surface area contributed by atoms with Gasteiger partial charge in [0.25, 0.3) is 5.69 Å². The molecule has 0 heterocycles. The molecule has 0 saturated heterocycles. The fourth-order valence-corrected chi connectivity index (χ4v) is 4.04. The summed E-state index contributed by atoms with van der Waals surface area (Å²) in [5.74, 6) is -0.871. The number of ether oxygens (including phenoxy) is 2. The molecule has 1 atom stereocenters. The number of methoxy groups -OCH3 is 1. The van der Waals surface area contributed by atoms with E-state index in [0.29, 0.717) is 0 Å². The molecule has 0 aliphatic rings. The second kappa shape index (κ2) is 11.3. The van der Waals surface area contributed by atoms with Crippen LogP contribution in [0.15, 0.2) is 54.6 Å². The molecule has 0 saturated carbocycles. The maximum absolute atomic E-state index is 12.5. The average molecular weight is 465 g/mol. The lowest BCUT2D eigenvalue weighted by Gasteiger charge is -2.17. The number of esters is 1. The number of hydrogen-bond acceptors (Lipinski definition) is 9. The minimum absolute atomic E-state index is 0.0528. The Morgan fingerprint density at radius 2 is 1.81 bits per heavy atom. The van der Waals surface area contributed by atoms with Gasteiger partial charge < -0.3 is 14.8 Å². The first kappa shape index (κ1) is 24.9. The highest BCUT2D eigenvalue weighted by Gasteiger charge is 2.46. The molecule has 0 bridgehead atoms. The van der Waals surface area contributed by atoms with Gasteiger partial charge in [-0.2, -0.15) is 0 Å². The van der Waals surface area contributed by atoms with Gasteiger partial charge in [-0.05, 0) is 11.6 Å². The smallest absolute Gasteiger partial charge is 0.408 e. The minimum Gasteiger partial charge on any atom is -0.467 e. The van der Waals surface area contributed by atoms with Crippen LogP contribution in [-0.4, -0.2) is 51.6 Å². The van der Waals surface area contributed by atoms with Crippen molar-refractivity contribution in [3.8, 4) is 0 Å². The molecule has 0 radical (unpaired) electrons. The lowest BCUT2D eigenvalue weighted by atomic mass is 10.2. The van der Waals surface area contributed by atoms with Crippen LogP contribution < -0.4 is 5.32 Å². The van der Waals surface area contributed by atoms with E-state index >= 15 is 0 Å². The number of nitro groups is 1. The number of alkyl carbamates (subject to hydrolysis) is 1. The molecule has 32 heavy (non-hydrogen) atoms. The number of nitrogens with zero attached hydrogens (tertiary/aromatic N) is 1. The van der Waals surface area contributed by atoms with E-state index < -0.39 is 42.4 Å². The van der Waals surface area contributed by atoms with Crippen LogP contribution in [0.1, 0.15) is 22.3 Å². The van der Waals surface area contributed by atoms with Gasteiger partial charge in [-0.3, -0.25) is 10.1 Å². The Morgan fingerprint density at radius 3 is 2.44 bits per heavy atom. The molecule has 1 amide bonds. The van der Waals surface area contributed by atoms with Crippen molar-refractivity contribution < 1.29 is 38.6 Å². The monoisotopic (exact) mass is 465 g/mol. The van der Waals surface area contributed by atoms with E-state index in [-0.39, 0.29) is 24.3 Å². The molecule has 0 aliphatic heterocycles. The van der Waals surface area contributed by atoms with Gasteiger partial charge >= 0.3 is 25.3 Å². The Hall–Kier alpha value is -3.40. The topological polar surface area (TPSA) is 165 Å². The SMILES string of the molecule is COC(=O)[C@H](CC[P+](O)(O)C(=O)c1cccc([N+](=O)[O-])c1)NC(=O)OCc1ccccc1. The van der Waals surface area contributed by atoms with Crippen LogP contribution in [0.2, 0.25) is 0 Å². The Labute approximate surface area is 183 Å². The van der Waals surface area contributed by atoms with E-state index in [4.69, 9.17) is 4.74 Å². The summed E-state index contributed by atoms with van der Waals surface area (Å²) in [6, 6.07) is 12.0. The van der Waals surface area contributed by atoms with Gasteiger partial charge in [0.05, 0.1) is 17.6 Å². The zero-order valence-corrected chi connectivity index (χ0v) is 17.9. The van der Waals surface area contributed by atoms with Crippen LogP contribution in [0.5, 0.6) is 0 Å². The van der Waals surface area contributed by atoms with Crippen LogP contribution in [-0.2, 0) is 20.9 Å². The molecule has 11 nitrogen and oxygen atoms in total. The third-order valence-corrected chi connectivity index (χ3v) is 6.14. The van der Waals surface area contributed by atoms with E-state index in [1.165, 1.54) is 12.1 Å². The number of nitro benzene ring substituents is 1. The molecule has 0 unspecified atom stereocenters. The van der Waals surface area contributed by atoms with Crippen molar-refractivity contribution in [2.45, 2.75) is 19.1 Å². The summed E-state index contributed by atoms with van der Waals surface area (Å²) in [5.41, 5.74) is -1.000. The van der Waals surface area contributed by atoms with Gasteiger partial charge in [0.1, 0.15) is 18.8 Å². The lowest BCUT2D eigenvalue weighted by molar-refractivity contribution is -0.384. The van der Waals surface area contributed by atoms with Crippen LogP contribution >= 0.6 is 7.72 Å². The van der Waals surface area contributed by atoms with E-state index in [9.17, 15) is 34.3 Å². The predicted octanol–water partition coefficient (Wildman–Crippen LogP) is 2.43. The van der Waals surface area contributed by atoms with Crippen molar-refractivity contribution in [2.75, 3.05) is 13.3 Å². The lowest BCUT2D eigenvalue weighted by Crippen LogP contribution is -2.42. The van der Waals surface area contributed by atoms with E-state index in [2.05, 4.69) is 10.1 Å². The zero-order valence-electron chi connectivity index (χ0n) is 17.0. The summed E-state index contributed by atoms with van der Waals surface area (Å²) in [7, 11) is -3.19. The summed E-state index contributed by atoms with van der Waals surface area (Å²) >= 11 is 0. The fraction of sp³-hybridized carbons (Fsp3) is 0.250. The summed E-state index contributed by atoms with van der Waals surface area (Å²) in [5, 5.41) is 13.1. The van der Waals surface area contributed by atoms with Crippen LogP contribution in [0, 0.1) is 10.1 Å². The maximum atomic E-state index is 12.5. The van der Waals surface area contributed by atoms with E-state index in [1.54, 1.807) is 30.3 Å². The number of carbonyl (C=O) groups excluding carboxylic acids is 3. The van der Waals surface area contributed by atoms with Crippen LogP contribution in [0.4, 0.5) is 10.5 Å². The first-order valence-electron chi connectivity index (χ1n) is 9.32. The highest BCUT2D eigenvalue weighted by molar-refractivity contribution is 7.81. The van der Waals surface area contributed by atoms with Gasteiger partial charge in [-0.1, -0.05) is 36.4 Å².